The lowest BCUT2D eigenvalue weighted by atomic mass is 10.1. The Morgan fingerprint density at radius 1 is 1.06 bits per heavy atom. The van der Waals surface area contributed by atoms with Gasteiger partial charge in [0.15, 0.2) is 0 Å². The second-order valence-corrected chi connectivity index (χ2v) is 9.24. The lowest BCUT2D eigenvalue weighted by Gasteiger charge is -2.09. The van der Waals surface area contributed by atoms with Crippen LogP contribution >= 0.6 is 23.1 Å². The number of methoxy groups -OCH3 is 1. The zero-order valence-corrected chi connectivity index (χ0v) is 19.0. The zero-order chi connectivity index (χ0) is 22.8. The molecule has 0 radical (unpaired) electrons. The number of benzene rings is 2. The molecule has 164 valence electrons. The number of rotatable bonds is 5. The highest BCUT2D eigenvalue weighted by molar-refractivity contribution is 7.99. The van der Waals surface area contributed by atoms with E-state index in [0.717, 1.165) is 25.2 Å². The second-order valence-electron chi connectivity index (χ2n) is 7.04. The summed E-state index contributed by atoms with van der Waals surface area (Å²) in [4.78, 5) is 40.6. The molecule has 0 saturated heterocycles. The van der Waals surface area contributed by atoms with Gasteiger partial charge in [-0.15, -0.1) is 11.3 Å². The minimum atomic E-state index is -0.235. The summed E-state index contributed by atoms with van der Waals surface area (Å²) in [6.45, 7) is 0.331. The van der Waals surface area contributed by atoms with Gasteiger partial charge in [0, 0.05) is 44.4 Å². The van der Waals surface area contributed by atoms with E-state index < -0.39 is 0 Å². The molecule has 5 rings (SSSR count). The normalized spacial score (nSPS) is 12.2. The number of nitrogens with one attached hydrogen (secondary N) is 2. The smallest absolute Gasteiger partial charge is 0.316 e. The number of nitrogens with zero attached hydrogens (tertiary/aromatic N) is 3. The van der Waals surface area contributed by atoms with E-state index in [4.69, 9.17) is 4.74 Å². The molecule has 2 aromatic carbocycles. The van der Waals surface area contributed by atoms with Crippen molar-refractivity contribution in [1.82, 2.24) is 20.3 Å². The first-order valence-electron chi connectivity index (χ1n) is 9.92. The predicted octanol–water partition coefficient (Wildman–Crippen LogP) is 4.26. The molecule has 1 aliphatic heterocycles. The molecule has 2 amide bonds. The van der Waals surface area contributed by atoms with Gasteiger partial charge in [-0.1, -0.05) is 23.9 Å². The molecule has 0 unspecified atom stereocenters. The van der Waals surface area contributed by atoms with E-state index in [0.29, 0.717) is 29.4 Å². The van der Waals surface area contributed by atoms with Gasteiger partial charge in [-0.2, -0.15) is 0 Å². The van der Waals surface area contributed by atoms with Crippen LogP contribution in [0.5, 0.6) is 6.01 Å². The van der Waals surface area contributed by atoms with Gasteiger partial charge in [0.05, 0.1) is 24.9 Å². The number of fused-ring (bicyclic) bond motifs is 2. The topological polar surface area (TPSA) is 106 Å². The highest BCUT2D eigenvalue weighted by Crippen LogP contribution is 2.39. The maximum Gasteiger partial charge on any atom is 0.316 e. The number of thiazole rings is 1. The summed E-state index contributed by atoms with van der Waals surface area (Å²) in [6.07, 6.45) is 5.01. The number of hydrogen-bond acceptors (Lipinski definition) is 8. The van der Waals surface area contributed by atoms with Gasteiger partial charge in [-0.25, -0.2) is 15.0 Å². The first-order chi connectivity index (χ1) is 16.1. The predicted molar refractivity (Wildman–Crippen MR) is 126 cm³/mol. The molecule has 0 fully saturated rings. The average Bonchev–Trinajstić information content (AvgIpc) is 3.27. The number of hydrogen-bond donors (Lipinski definition) is 2. The van der Waals surface area contributed by atoms with Crippen molar-refractivity contribution < 1.29 is 14.3 Å². The van der Waals surface area contributed by atoms with Crippen LogP contribution in [-0.4, -0.2) is 33.9 Å². The van der Waals surface area contributed by atoms with Crippen LogP contribution in [0.4, 0.5) is 5.69 Å². The molecule has 2 N–H and O–H groups in total. The zero-order valence-electron chi connectivity index (χ0n) is 17.4. The van der Waals surface area contributed by atoms with Crippen LogP contribution in [0.25, 0.3) is 10.6 Å². The standard InChI is InChI=1S/C23H17N5O3S2/c1-31-23-26-9-14(10-27-23)22-25-12-15(32-22)11-24-20(29)13-6-7-19-17(8-13)28-21(30)16-4-2-3-5-18(16)33-19/h2-10,12H,11H2,1H3,(H,24,29)(H,28,30). The van der Waals surface area contributed by atoms with Crippen molar-refractivity contribution in [2.75, 3.05) is 12.4 Å². The molecular weight excluding hydrogens is 458 g/mol. The van der Waals surface area contributed by atoms with E-state index in [2.05, 4.69) is 25.6 Å². The number of aromatic nitrogens is 3. The lowest BCUT2D eigenvalue weighted by Crippen LogP contribution is -2.22. The fraction of sp³-hybridized carbons (Fsp3) is 0.0870. The number of ether oxygens (including phenoxy) is 1. The van der Waals surface area contributed by atoms with Crippen molar-refractivity contribution in [2.24, 2.45) is 0 Å². The van der Waals surface area contributed by atoms with Gasteiger partial charge in [-0.3, -0.25) is 9.59 Å². The molecule has 33 heavy (non-hydrogen) atoms. The largest absolute Gasteiger partial charge is 0.467 e. The third-order valence-electron chi connectivity index (χ3n) is 4.88. The van der Waals surface area contributed by atoms with E-state index in [9.17, 15) is 9.59 Å². The summed E-state index contributed by atoms with van der Waals surface area (Å²) < 4.78 is 4.97. The fourth-order valence-corrected chi connectivity index (χ4v) is 5.07. The lowest BCUT2D eigenvalue weighted by molar-refractivity contribution is 0.0949. The first-order valence-corrected chi connectivity index (χ1v) is 11.6. The molecule has 10 heteroatoms. The summed E-state index contributed by atoms with van der Waals surface area (Å²) >= 11 is 2.95. The molecule has 4 aromatic rings. The maximum absolute atomic E-state index is 12.8. The maximum atomic E-state index is 12.8. The second kappa shape index (κ2) is 9.00. The Bertz CT molecular complexity index is 1350. The molecule has 0 aliphatic carbocycles. The van der Waals surface area contributed by atoms with Gasteiger partial charge in [-0.05, 0) is 30.3 Å². The molecule has 8 nitrogen and oxygen atoms in total. The molecule has 0 saturated carbocycles. The Hall–Kier alpha value is -3.76. The summed E-state index contributed by atoms with van der Waals surface area (Å²) in [5.74, 6) is -0.421. The van der Waals surface area contributed by atoms with E-state index in [1.54, 1.807) is 36.8 Å². The summed E-state index contributed by atoms with van der Waals surface area (Å²) in [5.41, 5.74) is 2.48. The first kappa shape index (κ1) is 21.1. The Morgan fingerprint density at radius 2 is 1.88 bits per heavy atom. The van der Waals surface area contributed by atoms with Crippen LogP contribution in [0.1, 0.15) is 25.6 Å². The molecule has 0 atom stereocenters. The quantitative estimate of drug-likeness (QED) is 0.444. The van der Waals surface area contributed by atoms with Crippen LogP contribution in [0.2, 0.25) is 0 Å². The van der Waals surface area contributed by atoms with E-state index in [1.165, 1.54) is 30.2 Å². The van der Waals surface area contributed by atoms with Crippen LogP contribution in [-0.2, 0) is 6.54 Å². The average molecular weight is 476 g/mol. The molecule has 0 spiro atoms. The third kappa shape index (κ3) is 4.43. The van der Waals surface area contributed by atoms with Crippen molar-refractivity contribution in [3.8, 4) is 16.6 Å². The molecular formula is C23H17N5O3S2. The van der Waals surface area contributed by atoms with Crippen LogP contribution in [0.15, 0.2) is 70.8 Å². The third-order valence-corrected chi connectivity index (χ3v) is 7.07. The van der Waals surface area contributed by atoms with Crippen molar-refractivity contribution in [1.29, 1.82) is 0 Å². The van der Waals surface area contributed by atoms with Crippen molar-refractivity contribution in [3.63, 3.8) is 0 Å². The Kier molecular flexibility index (Phi) is 5.76. The van der Waals surface area contributed by atoms with Crippen LogP contribution in [0, 0.1) is 0 Å². The van der Waals surface area contributed by atoms with E-state index in [1.807, 2.05) is 24.3 Å². The van der Waals surface area contributed by atoms with Gasteiger partial charge >= 0.3 is 6.01 Å². The SMILES string of the molecule is COc1ncc(-c2ncc(CNC(=O)c3ccc4c(c3)NC(=O)c3ccccc3S4)s2)cn1. The van der Waals surface area contributed by atoms with Gasteiger partial charge < -0.3 is 15.4 Å². The number of amides is 2. The van der Waals surface area contributed by atoms with Crippen LogP contribution in [0.3, 0.4) is 0 Å². The van der Waals surface area contributed by atoms with Gasteiger partial charge in [0.1, 0.15) is 5.01 Å². The highest BCUT2D eigenvalue weighted by Gasteiger charge is 2.20. The monoisotopic (exact) mass is 475 g/mol. The van der Waals surface area contributed by atoms with Crippen molar-refractivity contribution in [3.05, 3.63) is 77.1 Å². The van der Waals surface area contributed by atoms with Crippen molar-refractivity contribution in [2.45, 2.75) is 16.3 Å². The molecule has 1 aliphatic rings. The molecule has 2 aromatic heterocycles. The Labute approximate surface area is 197 Å². The fourth-order valence-electron chi connectivity index (χ4n) is 3.23. The van der Waals surface area contributed by atoms with Crippen molar-refractivity contribution >= 4 is 40.6 Å². The van der Waals surface area contributed by atoms with Gasteiger partial charge in [0.25, 0.3) is 11.8 Å². The summed E-state index contributed by atoms with van der Waals surface area (Å²) in [7, 11) is 1.51. The summed E-state index contributed by atoms with van der Waals surface area (Å²) in [5, 5.41) is 6.57. The van der Waals surface area contributed by atoms with Gasteiger partial charge in [0.2, 0.25) is 0 Å². The number of carbonyl (C=O) groups excluding carboxylic acids is 2. The van der Waals surface area contributed by atoms with E-state index >= 15 is 0 Å². The number of carbonyl (C=O) groups is 2. The number of anilines is 1. The Morgan fingerprint density at radius 3 is 2.70 bits per heavy atom. The highest BCUT2D eigenvalue weighted by atomic mass is 32.2. The summed E-state index contributed by atoms with van der Waals surface area (Å²) in [6, 6.07) is 13.0. The minimum absolute atomic E-state index is 0.186. The van der Waals surface area contributed by atoms with Crippen LogP contribution < -0.4 is 15.4 Å². The molecule has 3 heterocycles. The minimum Gasteiger partial charge on any atom is -0.467 e. The Balaban J connectivity index is 1.27. The molecule has 0 bridgehead atoms. The van der Waals surface area contributed by atoms with E-state index in [-0.39, 0.29) is 11.8 Å².